The lowest BCUT2D eigenvalue weighted by Gasteiger charge is -2.18. The Morgan fingerprint density at radius 2 is 1.84 bits per heavy atom. The molecule has 1 amide bonds. The van der Waals surface area contributed by atoms with Gasteiger partial charge < -0.3 is 10.2 Å². The van der Waals surface area contributed by atoms with Gasteiger partial charge in [-0.15, -0.1) is 0 Å². The maximum absolute atomic E-state index is 12.6. The molecule has 0 saturated carbocycles. The summed E-state index contributed by atoms with van der Waals surface area (Å²) in [7, 11) is 1.93. The first-order valence-electron chi connectivity index (χ1n) is 7.87. The Labute approximate surface area is 155 Å². The van der Waals surface area contributed by atoms with Crippen molar-refractivity contribution in [2.24, 2.45) is 0 Å². The van der Waals surface area contributed by atoms with Crippen LogP contribution in [0.25, 0.3) is 0 Å². The summed E-state index contributed by atoms with van der Waals surface area (Å²) in [5.41, 5.74) is 3.43. The lowest BCUT2D eigenvalue weighted by molar-refractivity contribution is 0.102. The number of halogens is 1. The van der Waals surface area contributed by atoms with Crippen molar-refractivity contribution in [3.63, 3.8) is 0 Å². The Morgan fingerprint density at radius 1 is 1.08 bits per heavy atom. The number of aryl methyl sites for hydroxylation is 1. The average Bonchev–Trinajstić information content (AvgIpc) is 2.64. The molecular formula is C20H18BrN3O. The number of pyridine rings is 1. The number of benzene rings is 2. The van der Waals surface area contributed by atoms with E-state index in [0.717, 1.165) is 21.4 Å². The summed E-state index contributed by atoms with van der Waals surface area (Å²) in [5, 5.41) is 2.93. The molecule has 0 aliphatic rings. The number of rotatable bonds is 4. The zero-order valence-electron chi connectivity index (χ0n) is 14.0. The largest absolute Gasteiger partial charge is 0.329 e. The predicted octanol–water partition coefficient (Wildman–Crippen LogP) is 5.17. The normalized spacial score (nSPS) is 10.4. The van der Waals surface area contributed by atoms with Crippen molar-refractivity contribution in [2.45, 2.75) is 6.92 Å². The van der Waals surface area contributed by atoms with E-state index in [4.69, 9.17) is 0 Å². The Kier molecular flexibility index (Phi) is 5.14. The zero-order valence-corrected chi connectivity index (χ0v) is 15.6. The average molecular weight is 396 g/mol. The van der Waals surface area contributed by atoms with Crippen LogP contribution in [0.3, 0.4) is 0 Å². The Hall–Kier alpha value is -2.66. The van der Waals surface area contributed by atoms with Crippen molar-refractivity contribution >= 4 is 39.0 Å². The summed E-state index contributed by atoms with van der Waals surface area (Å²) >= 11 is 3.48. The molecule has 126 valence electrons. The SMILES string of the molecule is Cc1ccc(NC(=O)c2ccnc(N(C)c3ccccc3)c2)c(Br)c1. The maximum atomic E-state index is 12.6. The third kappa shape index (κ3) is 4.06. The van der Waals surface area contributed by atoms with Crippen LogP contribution < -0.4 is 10.2 Å². The standard InChI is InChI=1S/C20H18BrN3O/c1-14-8-9-18(17(21)12-14)23-20(25)15-10-11-22-19(13-15)24(2)16-6-4-3-5-7-16/h3-13H,1-2H3,(H,23,25). The number of aromatic nitrogens is 1. The van der Waals surface area contributed by atoms with E-state index < -0.39 is 0 Å². The Balaban J connectivity index is 1.82. The van der Waals surface area contributed by atoms with E-state index in [1.54, 1.807) is 18.3 Å². The first-order chi connectivity index (χ1) is 12.0. The number of carbonyl (C=O) groups excluding carboxylic acids is 1. The molecule has 0 spiro atoms. The molecule has 0 aliphatic carbocycles. The second kappa shape index (κ2) is 7.49. The van der Waals surface area contributed by atoms with Crippen LogP contribution in [0.4, 0.5) is 17.2 Å². The lowest BCUT2D eigenvalue weighted by Crippen LogP contribution is -2.15. The predicted molar refractivity (Wildman–Crippen MR) is 106 cm³/mol. The topological polar surface area (TPSA) is 45.2 Å². The molecule has 1 aromatic heterocycles. The molecular weight excluding hydrogens is 378 g/mol. The van der Waals surface area contributed by atoms with Crippen LogP contribution in [0.2, 0.25) is 0 Å². The highest BCUT2D eigenvalue weighted by Crippen LogP contribution is 2.25. The summed E-state index contributed by atoms with van der Waals surface area (Å²) in [6.07, 6.45) is 1.65. The fourth-order valence-electron chi connectivity index (χ4n) is 2.44. The minimum Gasteiger partial charge on any atom is -0.329 e. The van der Waals surface area contributed by atoms with Crippen molar-refractivity contribution < 1.29 is 4.79 Å². The van der Waals surface area contributed by atoms with E-state index in [1.807, 2.05) is 67.4 Å². The van der Waals surface area contributed by atoms with Gasteiger partial charge in [-0.05, 0) is 64.8 Å². The monoisotopic (exact) mass is 395 g/mol. The molecule has 0 fully saturated rings. The van der Waals surface area contributed by atoms with Gasteiger partial charge in [-0.1, -0.05) is 24.3 Å². The molecule has 4 nitrogen and oxygen atoms in total. The highest BCUT2D eigenvalue weighted by molar-refractivity contribution is 9.10. The molecule has 3 aromatic rings. The molecule has 0 saturated heterocycles. The van der Waals surface area contributed by atoms with Gasteiger partial charge in [0, 0.05) is 29.0 Å². The van der Waals surface area contributed by atoms with Gasteiger partial charge >= 0.3 is 0 Å². The fraction of sp³-hybridized carbons (Fsp3) is 0.100. The summed E-state index contributed by atoms with van der Waals surface area (Å²) in [4.78, 5) is 18.9. The second-order valence-corrected chi connectivity index (χ2v) is 6.59. The summed E-state index contributed by atoms with van der Waals surface area (Å²) in [6, 6.07) is 19.2. The second-order valence-electron chi connectivity index (χ2n) is 5.73. The number of amides is 1. The van der Waals surface area contributed by atoms with Gasteiger partial charge in [0.1, 0.15) is 5.82 Å². The van der Waals surface area contributed by atoms with E-state index in [1.165, 1.54) is 0 Å². The smallest absolute Gasteiger partial charge is 0.255 e. The first kappa shape index (κ1) is 17.2. The highest BCUT2D eigenvalue weighted by Gasteiger charge is 2.12. The van der Waals surface area contributed by atoms with Gasteiger partial charge in [-0.3, -0.25) is 4.79 Å². The molecule has 0 aliphatic heterocycles. The number of anilines is 3. The van der Waals surface area contributed by atoms with E-state index >= 15 is 0 Å². The molecule has 25 heavy (non-hydrogen) atoms. The van der Waals surface area contributed by atoms with E-state index in [2.05, 4.69) is 26.2 Å². The molecule has 2 aromatic carbocycles. The third-order valence-corrected chi connectivity index (χ3v) is 4.52. The van der Waals surface area contributed by atoms with E-state index in [-0.39, 0.29) is 5.91 Å². The van der Waals surface area contributed by atoms with Gasteiger partial charge in [-0.25, -0.2) is 4.98 Å². The number of carbonyl (C=O) groups is 1. The summed E-state index contributed by atoms with van der Waals surface area (Å²) < 4.78 is 0.858. The molecule has 5 heteroatoms. The van der Waals surface area contributed by atoms with Crippen molar-refractivity contribution in [3.8, 4) is 0 Å². The van der Waals surface area contributed by atoms with Gasteiger partial charge in [0.15, 0.2) is 0 Å². The van der Waals surface area contributed by atoms with Gasteiger partial charge in [-0.2, -0.15) is 0 Å². The van der Waals surface area contributed by atoms with E-state index in [0.29, 0.717) is 11.4 Å². The molecule has 1 N–H and O–H groups in total. The molecule has 0 unspecified atom stereocenters. The fourth-order valence-corrected chi connectivity index (χ4v) is 3.04. The Bertz CT molecular complexity index is 896. The van der Waals surface area contributed by atoms with Crippen LogP contribution in [0.15, 0.2) is 71.3 Å². The molecule has 0 bridgehead atoms. The summed E-state index contributed by atoms with van der Waals surface area (Å²) in [5.74, 6) is 0.538. The van der Waals surface area contributed by atoms with E-state index in [9.17, 15) is 4.79 Å². The number of para-hydroxylation sites is 1. The maximum Gasteiger partial charge on any atom is 0.255 e. The lowest BCUT2D eigenvalue weighted by atomic mass is 10.2. The molecule has 3 rings (SSSR count). The number of nitrogens with zero attached hydrogens (tertiary/aromatic N) is 2. The third-order valence-electron chi connectivity index (χ3n) is 3.87. The first-order valence-corrected chi connectivity index (χ1v) is 8.66. The zero-order chi connectivity index (χ0) is 17.8. The van der Waals surface area contributed by atoms with Gasteiger partial charge in [0.05, 0.1) is 5.69 Å². The van der Waals surface area contributed by atoms with Crippen molar-refractivity contribution in [1.29, 1.82) is 0 Å². The molecule has 0 atom stereocenters. The van der Waals surface area contributed by atoms with Crippen LogP contribution in [0, 0.1) is 6.92 Å². The molecule has 1 heterocycles. The number of hydrogen-bond donors (Lipinski definition) is 1. The van der Waals surface area contributed by atoms with Crippen LogP contribution in [0.5, 0.6) is 0 Å². The van der Waals surface area contributed by atoms with Crippen LogP contribution in [0.1, 0.15) is 15.9 Å². The quantitative estimate of drug-likeness (QED) is 0.662. The van der Waals surface area contributed by atoms with Crippen LogP contribution >= 0.6 is 15.9 Å². The summed E-state index contributed by atoms with van der Waals surface area (Å²) in [6.45, 7) is 2.00. The van der Waals surface area contributed by atoms with Gasteiger partial charge in [0.25, 0.3) is 5.91 Å². The Morgan fingerprint density at radius 3 is 2.56 bits per heavy atom. The van der Waals surface area contributed by atoms with Crippen molar-refractivity contribution in [3.05, 3.63) is 82.5 Å². The molecule has 0 radical (unpaired) electrons. The van der Waals surface area contributed by atoms with Crippen LogP contribution in [-0.4, -0.2) is 17.9 Å². The van der Waals surface area contributed by atoms with Crippen LogP contribution in [-0.2, 0) is 0 Å². The number of nitrogens with one attached hydrogen (secondary N) is 1. The van der Waals surface area contributed by atoms with Crippen molar-refractivity contribution in [2.75, 3.05) is 17.3 Å². The highest BCUT2D eigenvalue weighted by atomic mass is 79.9. The van der Waals surface area contributed by atoms with Gasteiger partial charge in [0.2, 0.25) is 0 Å². The number of hydrogen-bond acceptors (Lipinski definition) is 3. The minimum atomic E-state index is -0.172. The minimum absolute atomic E-state index is 0.172. The van der Waals surface area contributed by atoms with Crippen molar-refractivity contribution in [1.82, 2.24) is 4.98 Å².